The summed E-state index contributed by atoms with van der Waals surface area (Å²) in [6.07, 6.45) is 4.83. The van der Waals surface area contributed by atoms with Crippen molar-refractivity contribution in [3.63, 3.8) is 0 Å². The van der Waals surface area contributed by atoms with Gasteiger partial charge in [-0.05, 0) is 43.2 Å². The Hall–Kier alpha value is -2.16. The molecule has 134 valence electrons. The van der Waals surface area contributed by atoms with Gasteiger partial charge in [-0.25, -0.2) is 13.1 Å². The lowest BCUT2D eigenvalue weighted by molar-refractivity contribution is 0.0950. The number of nitrogens with one attached hydrogen (secondary N) is 2. The predicted octanol–water partition coefficient (Wildman–Crippen LogP) is 1.67. The van der Waals surface area contributed by atoms with Crippen LogP contribution in [-0.4, -0.2) is 33.6 Å². The van der Waals surface area contributed by atoms with Gasteiger partial charge in [0.15, 0.2) is 0 Å². The summed E-state index contributed by atoms with van der Waals surface area (Å²) in [4.78, 5) is 12.2. The van der Waals surface area contributed by atoms with Gasteiger partial charge in [-0.15, -0.1) is 0 Å². The molecular weight excluding hydrogens is 344 g/mol. The molecule has 3 rings (SSSR count). The van der Waals surface area contributed by atoms with Crippen LogP contribution in [0.4, 0.5) is 0 Å². The standard InChI is InChI=1S/C17H20N2O5S/c20-17(18-10-13-7-9-23-12-13)14-3-5-16(6-4-14)25(21,22)19-11-15-2-1-8-24-15/h3-7,9,12,15,19H,1-2,8,10-11H2,(H,18,20)/t15-/m1/s1. The highest BCUT2D eigenvalue weighted by molar-refractivity contribution is 7.89. The average Bonchev–Trinajstić information content (AvgIpc) is 3.31. The molecule has 8 heteroatoms. The van der Waals surface area contributed by atoms with Gasteiger partial charge in [0, 0.05) is 30.8 Å². The zero-order valence-electron chi connectivity index (χ0n) is 13.6. The molecule has 1 fully saturated rings. The van der Waals surface area contributed by atoms with Crippen LogP contribution >= 0.6 is 0 Å². The number of amides is 1. The first kappa shape index (κ1) is 17.7. The van der Waals surface area contributed by atoms with Crippen LogP contribution in [0, 0.1) is 0 Å². The van der Waals surface area contributed by atoms with Gasteiger partial charge in [0.05, 0.1) is 23.5 Å². The van der Waals surface area contributed by atoms with Crippen molar-refractivity contribution in [1.29, 1.82) is 0 Å². The number of ether oxygens (including phenoxy) is 1. The first-order chi connectivity index (χ1) is 12.0. The first-order valence-electron chi connectivity index (χ1n) is 8.05. The van der Waals surface area contributed by atoms with Crippen molar-refractivity contribution >= 4 is 15.9 Å². The fourth-order valence-corrected chi connectivity index (χ4v) is 3.62. The van der Waals surface area contributed by atoms with Crippen molar-refractivity contribution < 1.29 is 22.4 Å². The summed E-state index contributed by atoms with van der Waals surface area (Å²) in [5, 5.41) is 2.74. The maximum atomic E-state index is 12.3. The van der Waals surface area contributed by atoms with E-state index >= 15 is 0 Å². The molecular formula is C17H20N2O5S. The third kappa shape index (κ3) is 4.68. The molecule has 2 heterocycles. The Morgan fingerprint density at radius 2 is 2.00 bits per heavy atom. The van der Waals surface area contributed by atoms with E-state index in [1.807, 2.05) is 0 Å². The zero-order valence-corrected chi connectivity index (χ0v) is 14.4. The second kappa shape index (κ2) is 7.81. The minimum atomic E-state index is -3.61. The van der Waals surface area contributed by atoms with Crippen molar-refractivity contribution in [3.8, 4) is 0 Å². The molecule has 0 bridgehead atoms. The minimum Gasteiger partial charge on any atom is -0.472 e. The number of carbonyl (C=O) groups excluding carboxylic acids is 1. The van der Waals surface area contributed by atoms with E-state index in [0.29, 0.717) is 18.7 Å². The Morgan fingerprint density at radius 3 is 2.64 bits per heavy atom. The smallest absolute Gasteiger partial charge is 0.251 e. The monoisotopic (exact) mass is 364 g/mol. The number of hydrogen-bond donors (Lipinski definition) is 2. The molecule has 0 radical (unpaired) electrons. The molecule has 1 aliphatic heterocycles. The van der Waals surface area contributed by atoms with Crippen molar-refractivity contribution in [2.75, 3.05) is 13.2 Å². The van der Waals surface area contributed by atoms with Crippen LogP contribution < -0.4 is 10.0 Å². The summed E-state index contributed by atoms with van der Waals surface area (Å²) < 4.78 is 37.4. The van der Waals surface area contributed by atoms with Crippen LogP contribution in [0.5, 0.6) is 0 Å². The normalized spacial score (nSPS) is 17.5. The zero-order chi connectivity index (χ0) is 17.7. The number of rotatable bonds is 7. The van der Waals surface area contributed by atoms with Gasteiger partial charge in [0.2, 0.25) is 10.0 Å². The number of hydrogen-bond acceptors (Lipinski definition) is 5. The van der Waals surface area contributed by atoms with Gasteiger partial charge in [0.25, 0.3) is 5.91 Å². The molecule has 0 unspecified atom stereocenters. The minimum absolute atomic E-state index is 0.0669. The molecule has 0 saturated carbocycles. The number of carbonyl (C=O) groups is 1. The molecule has 1 aromatic carbocycles. The molecule has 0 aliphatic carbocycles. The number of sulfonamides is 1. The van der Waals surface area contributed by atoms with E-state index in [4.69, 9.17) is 9.15 Å². The maximum Gasteiger partial charge on any atom is 0.251 e. The SMILES string of the molecule is O=C(NCc1ccoc1)c1ccc(S(=O)(=O)NC[C@H]2CCCO2)cc1. The summed E-state index contributed by atoms with van der Waals surface area (Å²) in [6, 6.07) is 7.58. The second-order valence-electron chi connectivity index (χ2n) is 5.83. The summed E-state index contributed by atoms with van der Waals surface area (Å²) >= 11 is 0. The molecule has 1 atom stereocenters. The Kier molecular flexibility index (Phi) is 5.52. The third-order valence-electron chi connectivity index (χ3n) is 3.98. The highest BCUT2D eigenvalue weighted by Crippen LogP contribution is 2.14. The molecule has 0 spiro atoms. The fraction of sp³-hybridized carbons (Fsp3) is 0.353. The van der Waals surface area contributed by atoms with Gasteiger partial charge in [-0.1, -0.05) is 0 Å². The van der Waals surface area contributed by atoms with Crippen LogP contribution in [0.2, 0.25) is 0 Å². The summed E-state index contributed by atoms with van der Waals surface area (Å²) in [5.74, 6) is -0.280. The van der Waals surface area contributed by atoms with Gasteiger partial charge < -0.3 is 14.5 Å². The summed E-state index contributed by atoms with van der Waals surface area (Å²) in [7, 11) is -3.61. The molecule has 2 N–H and O–H groups in total. The number of benzene rings is 1. The highest BCUT2D eigenvalue weighted by atomic mass is 32.2. The van der Waals surface area contributed by atoms with Gasteiger partial charge >= 0.3 is 0 Å². The van der Waals surface area contributed by atoms with E-state index in [1.54, 1.807) is 12.3 Å². The van der Waals surface area contributed by atoms with E-state index in [0.717, 1.165) is 18.4 Å². The van der Waals surface area contributed by atoms with Gasteiger partial charge in [-0.2, -0.15) is 0 Å². The Bertz CT molecular complexity index is 794. The largest absolute Gasteiger partial charge is 0.472 e. The fourth-order valence-electron chi connectivity index (χ4n) is 2.55. The lowest BCUT2D eigenvalue weighted by Gasteiger charge is -2.11. The van der Waals surface area contributed by atoms with Crippen molar-refractivity contribution in [3.05, 3.63) is 54.0 Å². The maximum absolute atomic E-state index is 12.3. The molecule has 2 aromatic rings. The van der Waals surface area contributed by atoms with Crippen LogP contribution in [-0.2, 0) is 21.3 Å². The Morgan fingerprint density at radius 1 is 1.20 bits per heavy atom. The lowest BCUT2D eigenvalue weighted by atomic mass is 10.2. The van der Waals surface area contributed by atoms with E-state index in [9.17, 15) is 13.2 Å². The topological polar surface area (TPSA) is 97.6 Å². The number of furan rings is 1. The molecule has 7 nitrogen and oxygen atoms in total. The van der Waals surface area contributed by atoms with E-state index in [-0.39, 0.29) is 23.5 Å². The molecule has 1 saturated heterocycles. The third-order valence-corrected chi connectivity index (χ3v) is 5.42. The molecule has 1 aliphatic rings. The molecule has 25 heavy (non-hydrogen) atoms. The van der Waals surface area contributed by atoms with Crippen LogP contribution in [0.25, 0.3) is 0 Å². The predicted molar refractivity (Wildman–Crippen MR) is 90.5 cm³/mol. The molecule has 1 aromatic heterocycles. The van der Waals surface area contributed by atoms with Crippen molar-refractivity contribution in [2.24, 2.45) is 0 Å². The van der Waals surface area contributed by atoms with Crippen LogP contribution in [0.3, 0.4) is 0 Å². The van der Waals surface area contributed by atoms with Crippen molar-refractivity contribution in [2.45, 2.75) is 30.4 Å². The molecule has 1 amide bonds. The summed E-state index contributed by atoms with van der Waals surface area (Å²) in [6.45, 7) is 1.28. The van der Waals surface area contributed by atoms with E-state index in [1.165, 1.54) is 30.5 Å². The van der Waals surface area contributed by atoms with Gasteiger partial charge in [-0.3, -0.25) is 4.79 Å². The average molecular weight is 364 g/mol. The highest BCUT2D eigenvalue weighted by Gasteiger charge is 2.20. The second-order valence-corrected chi connectivity index (χ2v) is 7.59. The quantitative estimate of drug-likeness (QED) is 0.779. The van der Waals surface area contributed by atoms with Crippen LogP contribution in [0.1, 0.15) is 28.8 Å². The van der Waals surface area contributed by atoms with E-state index < -0.39 is 10.0 Å². The van der Waals surface area contributed by atoms with Crippen LogP contribution in [0.15, 0.2) is 52.2 Å². The van der Waals surface area contributed by atoms with Crippen molar-refractivity contribution in [1.82, 2.24) is 10.0 Å². The Labute approximate surface area is 146 Å². The summed E-state index contributed by atoms with van der Waals surface area (Å²) in [5.41, 5.74) is 1.24. The van der Waals surface area contributed by atoms with Gasteiger partial charge in [0.1, 0.15) is 0 Å². The Balaban J connectivity index is 1.57. The first-order valence-corrected chi connectivity index (χ1v) is 9.53. The lowest BCUT2D eigenvalue weighted by Crippen LogP contribution is -2.31. The van der Waals surface area contributed by atoms with E-state index in [2.05, 4.69) is 10.0 Å².